The maximum atomic E-state index is 11.7. The van der Waals surface area contributed by atoms with E-state index in [1.54, 1.807) is 0 Å². The number of hydrogen-bond donors (Lipinski definition) is 2. The lowest BCUT2D eigenvalue weighted by molar-refractivity contribution is -0.155. The van der Waals surface area contributed by atoms with Crippen molar-refractivity contribution in [1.29, 1.82) is 0 Å². The van der Waals surface area contributed by atoms with Crippen LogP contribution in [-0.4, -0.2) is 43.2 Å². The molecule has 0 radical (unpaired) electrons. The molecule has 0 aromatic rings. The van der Waals surface area contributed by atoms with E-state index in [2.05, 4.69) is 6.92 Å². The van der Waals surface area contributed by atoms with E-state index in [1.807, 2.05) is 0 Å². The van der Waals surface area contributed by atoms with Crippen LogP contribution in [0.5, 0.6) is 0 Å². The van der Waals surface area contributed by atoms with Crippen LogP contribution in [0.4, 0.5) is 0 Å². The van der Waals surface area contributed by atoms with Crippen molar-refractivity contribution >= 4 is 20.2 Å². The average Bonchev–Trinajstić information content (AvgIpc) is 2.56. The second kappa shape index (κ2) is 12.5. The van der Waals surface area contributed by atoms with Crippen molar-refractivity contribution in [2.24, 2.45) is 5.92 Å². The standard InChI is InChI=1S/C19H38O7S2/c1-2-3-4-5-6-7-8-9-10-11-12-13-14-18-17-26-19(18,28(23,24)25)15-16-27(20,21)22/h18H,2-17H2,1H3,(H,20,21,22)(H,23,24,25). The molecule has 28 heavy (non-hydrogen) atoms. The minimum absolute atomic E-state index is 0.184. The Labute approximate surface area is 171 Å². The summed E-state index contributed by atoms with van der Waals surface area (Å²) in [5.74, 6) is -1.19. The summed E-state index contributed by atoms with van der Waals surface area (Å²) in [7, 11) is -8.88. The second-order valence-corrected chi connectivity index (χ2v) is 11.2. The van der Waals surface area contributed by atoms with E-state index in [9.17, 15) is 21.4 Å². The van der Waals surface area contributed by atoms with Crippen LogP contribution < -0.4 is 0 Å². The summed E-state index contributed by atoms with van der Waals surface area (Å²) in [6, 6.07) is 0. The normalized spacial score (nSPS) is 22.9. The minimum atomic E-state index is -4.56. The van der Waals surface area contributed by atoms with Crippen molar-refractivity contribution in [1.82, 2.24) is 0 Å². The highest BCUT2D eigenvalue weighted by Gasteiger charge is 2.57. The molecule has 0 aliphatic carbocycles. The van der Waals surface area contributed by atoms with Crippen LogP contribution in [0.15, 0.2) is 0 Å². The Kier molecular flexibility index (Phi) is 11.5. The largest absolute Gasteiger partial charge is 0.356 e. The third-order valence-corrected chi connectivity index (χ3v) is 7.95. The van der Waals surface area contributed by atoms with Crippen molar-refractivity contribution in [3.8, 4) is 0 Å². The Morgan fingerprint density at radius 2 is 1.29 bits per heavy atom. The average molecular weight is 443 g/mol. The molecular weight excluding hydrogens is 404 g/mol. The van der Waals surface area contributed by atoms with Crippen molar-refractivity contribution < 1.29 is 30.7 Å². The molecule has 168 valence electrons. The van der Waals surface area contributed by atoms with Gasteiger partial charge in [-0.2, -0.15) is 16.8 Å². The topological polar surface area (TPSA) is 118 Å². The molecule has 0 aromatic heterocycles. The van der Waals surface area contributed by atoms with Gasteiger partial charge < -0.3 is 4.74 Å². The summed E-state index contributed by atoms with van der Waals surface area (Å²) in [5.41, 5.74) is 0. The first-order chi connectivity index (χ1) is 13.1. The molecule has 9 heteroatoms. The van der Waals surface area contributed by atoms with Gasteiger partial charge in [0.15, 0.2) is 4.93 Å². The third kappa shape index (κ3) is 9.07. The molecule has 2 N–H and O–H groups in total. The van der Waals surface area contributed by atoms with Gasteiger partial charge in [-0.05, 0) is 6.42 Å². The maximum Gasteiger partial charge on any atom is 0.295 e. The summed E-state index contributed by atoms with van der Waals surface area (Å²) in [6.45, 7) is 2.41. The van der Waals surface area contributed by atoms with Gasteiger partial charge in [-0.3, -0.25) is 9.11 Å². The predicted octanol–water partition coefficient (Wildman–Crippen LogP) is 4.59. The molecule has 1 aliphatic rings. The first kappa shape index (κ1) is 25.8. The fourth-order valence-corrected chi connectivity index (χ4v) is 5.76. The van der Waals surface area contributed by atoms with E-state index >= 15 is 0 Å². The minimum Gasteiger partial charge on any atom is -0.356 e. The van der Waals surface area contributed by atoms with Crippen LogP contribution in [0, 0.1) is 5.92 Å². The molecule has 1 aliphatic heterocycles. The first-order valence-electron chi connectivity index (χ1n) is 10.7. The summed E-state index contributed by atoms with van der Waals surface area (Å²) < 4.78 is 68.9. The molecule has 1 rings (SSSR count). The fraction of sp³-hybridized carbons (Fsp3) is 1.00. The van der Waals surface area contributed by atoms with Gasteiger partial charge in [-0.1, -0.05) is 84.0 Å². The first-order valence-corrected chi connectivity index (χ1v) is 13.7. The highest BCUT2D eigenvalue weighted by molar-refractivity contribution is 7.87. The molecule has 2 unspecified atom stereocenters. The lowest BCUT2D eigenvalue weighted by Crippen LogP contribution is -2.59. The summed E-state index contributed by atoms with van der Waals surface area (Å²) in [4.78, 5) is -1.89. The third-order valence-electron chi connectivity index (χ3n) is 5.70. The van der Waals surface area contributed by atoms with Crippen molar-refractivity contribution in [3.05, 3.63) is 0 Å². The molecule has 0 bridgehead atoms. The van der Waals surface area contributed by atoms with Gasteiger partial charge in [0.25, 0.3) is 20.2 Å². The van der Waals surface area contributed by atoms with Gasteiger partial charge in [0.2, 0.25) is 0 Å². The lowest BCUT2D eigenvalue weighted by Gasteiger charge is -2.46. The van der Waals surface area contributed by atoms with Gasteiger partial charge >= 0.3 is 0 Å². The van der Waals surface area contributed by atoms with Crippen LogP contribution in [0.25, 0.3) is 0 Å². The molecular formula is C19H38O7S2. The Balaban J connectivity index is 2.19. The summed E-state index contributed by atoms with van der Waals surface area (Å²) in [6.07, 6.45) is 14.6. The monoisotopic (exact) mass is 442 g/mol. The zero-order valence-electron chi connectivity index (χ0n) is 17.1. The van der Waals surface area contributed by atoms with E-state index in [0.717, 1.165) is 19.3 Å². The van der Waals surface area contributed by atoms with E-state index < -0.39 is 43.3 Å². The quantitative estimate of drug-likeness (QED) is 0.250. The SMILES string of the molecule is CCCCCCCCCCCCCCC1COC1(CCS(=O)(=O)O)S(=O)(=O)O. The zero-order chi connectivity index (χ0) is 21.1. The molecule has 1 heterocycles. The molecule has 1 saturated heterocycles. The number of rotatable bonds is 17. The van der Waals surface area contributed by atoms with E-state index in [4.69, 9.17) is 9.29 Å². The summed E-state index contributed by atoms with van der Waals surface area (Å²) >= 11 is 0. The van der Waals surface area contributed by atoms with Crippen molar-refractivity contribution in [3.63, 3.8) is 0 Å². The van der Waals surface area contributed by atoms with Crippen molar-refractivity contribution in [2.45, 2.75) is 102 Å². The zero-order valence-corrected chi connectivity index (χ0v) is 18.8. The maximum absolute atomic E-state index is 11.7. The molecule has 0 amide bonds. The van der Waals surface area contributed by atoms with Crippen LogP contribution >= 0.6 is 0 Å². The predicted molar refractivity (Wildman–Crippen MR) is 110 cm³/mol. The van der Waals surface area contributed by atoms with Gasteiger partial charge in [-0.15, -0.1) is 0 Å². The van der Waals surface area contributed by atoms with Gasteiger partial charge in [0.05, 0.1) is 12.4 Å². The van der Waals surface area contributed by atoms with E-state index in [-0.39, 0.29) is 6.61 Å². The molecule has 7 nitrogen and oxygen atoms in total. The Morgan fingerprint density at radius 3 is 1.64 bits per heavy atom. The Morgan fingerprint density at radius 1 is 0.821 bits per heavy atom. The Hall–Kier alpha value is -0.220. The van der Waals surface area contributed by atoms with Crippen LogP contribution in [0.1, 0.15) is 96.8 Å². The lowest BCUT2D eigenvalue weighted by atomic mass is 9.89. The number of hydrogen-bond acceptors (Lipinski definition) is 5. The highest BCUT2D eigenvalue weighted by Crippen LogP contribution is 2.43. The fourth-order valence-electron chi connectivity index (χ4n) is 3.88. The second-order valence-electron chi connectivity index (χ2n) is 8.01. The molecule has 0 saturated carbocycles. The van der Waals surface area contributed by atoms with E-state index in [0.29, 0.717) is 6.42 Å². The smallest absolute Gasteiger partial charge is 0.295 e. The van der Waals surface area contributed by atoms with E-state index in [1.165, 1.54) is 57.8 Å². The molecule has 0 spiro atoms. The summed E-state index contributed by atoms with van der Waals surface area (Å²) in [5, 5.41) is 0. The number of ether oxygens (including phenoxy) is 1. The number of unbranched alkanes of at least 4 members (excludes halogenated alkanes) is 11. The molecule has 1 fully saturated rings. The van der Waals surface area contributed by atoms with Gasteiger partial charge in [-0.25, -0.2) is 0 Å². The molecule has 2 atom stereocenters. The Bertz CT molecular complexity index is 631. The van der Waals surface area contributed by atoms with Crippen LogP contribution in [-0.2, 0) is 25.0 Å². The van der Waals surface area contributed by atoms with Gasteiger partial charge in [0.1, 0.15) is 0 Å². The van der Waals surface area contributed by atoms with Crippen LogP contribution in [0.3, 0.4) is 0 Å². The van der Waals surface area contributed by atoms with Crippen LogP contribution in [0.2, 0.25) is 0 Å². The van der Waals surface area contributed by atoms with Crippen molar-refractivity contribution in [2.75, 3.05) is 12.4 Å². The van der Waals surface area contributed by atoms with Gasteiger partial charge in [0, 0.05) is 12.3 Å². The highest BCUT2D eigenvalue weighted by atomic mass is 32.2. The molecule has 0 aromatic carbocycles.